The zero-order valence-corrected chi connectivity index (χ0v) is 12.3. The molecule has 7 heteroatoms. The van der Waals surface area contributed by atoms with E-state index in [1.54, 1.807) is 31.2 Å². The van der Waals surface area contributed by atoms with Crippen molar-refractivity contribution < 1.29 is 19.1 Å². The van der Waals surface area contributed by atoms with Crippen molar-refractivity contribution in [3.05, 3.63) is 35.4 Å². The van der Waals surface area contributed by atoms with Gasteiger partial charge in [-0.15, -0.1) is 0 Å². The van der Waals surface area contributed by atoms with Gasteiger partial charge in [0.05, 0.1) is 18.7 Å². The lowest BCUT2D eigenvalue weighted by molar-refractivity contribution is -0.145. The SMILES string of the molecule is CCC1(c2ccc(C#N)cc2)NC(=O)N(CC(=O)OC)C1=O. The molecule has 1 aromatic rings. The van der Waals surface area contributed by atoms with E-state index >= 15 is 0 Å². The first-order valence-electron chi connectivity index (χ1n) is 6.70. The molecule has 1 unspecified atom stereocenters. The van der Waals surface area contributed by atoms with Crippen molar-refractivity contribution in [1.82, 2.24) is 10.2 Å². The largest absolute Gasteiger partial charge is 0.468 e. The highest BCUT2D eigenvalue weighted by Crippen LogP contribution is 2.32. The highest BCUT2D eigenvalue weighted by atomic mass is 16.5. The molecule has 1 fully saturated rings. The molecule has 1 heterocycles. The fraction of sp³-hybridized carbons (Fsp3) is 0.333. The highest BCUT2D eigenvalue weighted by molar-refractivity contribution is 6.09. The molecule has 0 aromatic heterocycles. The number of nitriles is 1. The van der Waals surface area contributed by atoms with Crippen LogP contribution in [0.2, 0.25) is 0 Å². The number of nitrogens with zero attached hydrogens (tertiary/aromatic N) is 2. The zero-order chi connectivity index (χ0) is 16.3. The summed E-state index contributed by atoms with van der Waals surface area (Å²) in [5.41, 5.74) is -0.197. The molecule has 114 valence electrons. The lowest BCUT2D eigenvalue weighted by atomic mass is 9.86. The Kier molecular flexibility index (Phi) is 4.13. The Morgan fingerprint density at radius 1 is 1.36 bits per heavy atom. The Hall–Kier alpha value is -2.88. The number of esters is 1. The fourth-order valence-electron chi connectivity index (χ4n) is 2.43. The van der Waals surface area contributed by atoms with Gasteiger partial charge in [-0.3, -0.25) is 14.5 Å². The molecule has 0 radical (unpaired) electrons. The molecule has 7 nitrogen and oxygen atoms in total. The number of carbonyl (C=O) groups excluding carboxylic acids is 3. The van der Waals surface area contributed by atoms with Crippen LogP contribution in [0.5, 0.6) is 0 Å². The smallest absolute Gasteiger partial charge is 0.325 e. The van der Waals surface area contributed by atoms with Crippen molar-refractivity contribution in [3.63, 3.8) is 0 Å². The predicted molar refractivity (Wildman–Crippen MR) is 75.4 cm³/mol. The summed E-state index contributed by atoms with van der Waals surface area (Å²) in [6.07, 6.45) is 0.321. The van der Waals surface area contributed by atoms with Crippen LogP contribution in [-0.4, -0.2) is 36.5 Å². The number of amides is 3. The van der Waals surface area contributed by atoms with Crippen LogP contribution < -0.4 is 5.32 Å². The molecule has 2 rings (SSSR count). The molecule has 1 saturated heterocycles. The number of carbonyl (C=O) groups is 3. The molecular formula is C15H15N3O4. The van der Waals surface area contributed by atoms with Crippen molar-refractivity contribution in [1.29, 1.82) is 5.26 Å². The van der Waals surface area contributed by atoms with Gasteiger partial charge >= 0.3 is 12.0 Å². The monoisotopic (exact) mass is 301 g/mol. The van der Waals surface area contributed by atoms with E-state index in [4.69, 9.17) is 5.26 Å². The van der Waals surface area contributed by atoms with Crippen LogP contribution in [0.15, 0.2) is 24.3 Å². The number of methoxy groups -OCH3 is 1. The number of ether oxygens (including phenoxy) is 1. The quantitative estimate of drug-likeness (QED) is 0.657. The van der Waals surface area contributed by atoms with Gasteiger partial charge < -0.3 is 10.1 Å². The molecule has 0 saturated carbocycles. The van der Waals surface area contributed by atoms with Gasteiger partial charge in [0.1, 0.15) is 12.1 Å². The minimum absolute atomic E-state index is 0.321. The van der Waals surface area contributed by atoms with E-state index < -0.39 is 30.0 Å². The summed E-state index contributed by atoms with van der Waals surface area (Å²) in [4.78, 5) is 36.9. The van der Waals surface area contributed by atoms with E-state index in [-0.39, 0.29) is 0 Å². The maximum absolute atomic E-state index is 12.6. The summed E-state index contributed by atoms with van der Waals surface area (Å²) >= 11 is 0. The maximum atomic E-state index is 12.6. The summed E-state index contributed by atoms with van der Waals surface area (Å²) in [6, 6.07) is 7.77. The molecular weight excluding hydrogens is 286 g/mol. The third kappa shape index (κ3) is 2.39. The topological polar surface area (TPSA) is 99.5 Å². The summed E-state index contributed by atoms with van der Waals surface area (Å²) in [5.74, 6) is -1.18. The Labute approximate surface area is 127 Å². The van der Waals surface area contributed by atoms with E-state index in [0.29, 0.717) is 17.5 Å². The molecule has 1 aliphatic rings. The van der Waals surface area contributed by atoms with E-state index in [2.05, 4.69) is 10.1 Å². The molecule has 1 aliphatic heterocycles. The molecule has 1 atom stereocenters. The van der Waals surface area contributed by atoms with E-state index in [0.717, 1.165) is 4.90 Å². The molecule has 0 spiro atoms. The number of benzene rings is 1. The van der Waals surface area contributed by atoms with Crippen LogP contribution in [0.4, 0.5) is 4.79 Å². The third-order valence-corrected chi connectivity index (χ3v) is 3.73. The van der Waals surface area contributed by atoms with Gasteiger partial charge in [-0.25, -0.2) is 4.79 Å². The Morgan fingerprint density at radius 3 is 2.50 bits per heavy atom. The van der Waals surface area contributed by atoms with E-state index in [9.17, 15) is 14.4 Å². The average molecular weight is 301 g/mol. The molecule has 22 heavy (non-hydrogen) atoms. The van der Waals surface area contributed by atoms with Crippen molar-refractivity contribution >= 4 is 17.9 Å². The van der Waals surface area contributed by atoms with Gasteiger partial charge in [0.15, 0.2) is 0 Å². The normalized spacial score (nSPS) is 20.5. The first kappa shape index (κ1) is 15.5. The third-order valence-electron chi connectivity index (χ3n) is 3.73. The van der Waals surface area contributed by atoms with Crippen molar-refractivity contribution in [2.24, 2.45) is 0 Å². The molecule has 0 bridgehead atoms. The van der Waals surface area contributed by atoms with Crippen molar-refractivity contribution in [3.8, 4) is 6.07 Å². The Balaban J connectivity index is 2.38. The van der Waals surface area contributed by atoms with E-state index in [1.165, 1.54) is 7.11 Å². The zero-order valence-electron chi connectivity index (χ0n) is 12.3. The van der Waals surface area contributed by atoms with Gasteiger partial charge in [0, 0.05) is 0 Å². The molecule has 3 amide bonds. The van der Waals surface area contributed by atoms with Crippen LogP contribution in [0.3, 0.4) is 0 Å². The number of rotatable bonds is 4. The van der Waals surface area contributed by atoms with Crippen molar-refractivity contribution in [2.75, 3.05) is 13.7 Å². The first-order valence-corrected chi connectivity index (χ1v) is 6.70. The lowest BCUT2D eigenvalue weighted by Crippen LogP contribution is -2.44. The van der Waals surface area contributed by atoms with Gasteiger partial charge in [-0.05, 0) is 24.1 Å². The van der Waals surface area contributed by atoms with Crippen LogP contribution in [0.1, 0.15) is 24.5 Å². The Bertz CT molecular complexity index is 662. The fourth-order valence-corrected chi connectivity index (χ4v) is 2.43. The summed E-state index contributed by atoms with van der Waals surface area (Å²) in [7, 11) is 1.19. The summed E-state index contributed by atoms with van der Waals surface area (Å²) in [5, 5.41) is 11.5. The standard InChI is InChI=1S/C15H15N3O4/c1-3-15(11-6-4-10(8-16)5-7-11)13(20)18(14(21)17-15)9-12(19)22-2/h4-7H,3,9H2,1-2H3,(H,17,21). The average Bonchev–Trinajstić information content (AvgIpc) is 2.79. The minimum atomic E-state index is -1.22. The molecule has 1 N–H and O–H groups in total. The van der Waals surface area contributed by atoms with Crippen LogP contribution in [0.25, 0.3) is 0 Å². The van der Waals surface area contributed by atoms with Crippen LogP contribution >= 0.6 is 0 Å². The number of hydrogen-bond acceptors (Lipinski definition) is 5. The summed E-state index contributed by atoms with van der Waals surface area (Å²) < 4.78 is 4.50. The Morgan fingerprint density at radius 2 is 2.00 bits per heavy atom. The maximum Gasteiger partial charge on any atom is 0.325 e. The van der Waals surface area contributed by atoms with Gasteiger partial charge in [-0.2, -0.15) is 5.26 Å². The number of imide groups is 1. The van der Waals surface area contributed by atoms with Crippen molar-refractivity contribution in [2.45, 2.75) is 18.9 Å². The van der Waals surface area contributed by atoms with Gasteiger partial charge in [-0.1, -0.05) is 19.1 Å². The highest BCUT2D eigenvalue weighted by Gasteiger charge is 2.51. The van der Waals surface area contributed by atoms with Crippen LogP contribution in [-0.2, 0) is 19.9 Å². The van der Waals surface area contributed by atoms with Gasteiger partial charge in [0.2, 0.25) is 0 Å². The predicted octanol–water partition coefficient (Wildman–Crippen LogP) is 0.888. The number of urea groups is 1. The number of hydrogen-bond donors (Lipinski definition) is 1. The minimum Gasteiger partial charge on any atom is -0.468 e. The summed E-state index contributed by atoms with van der Waals surface area (Å²) in [6.45, 7) is 1.33. The second kappa shape index (κ2) is 5.85. The first-order chi connectivity index (χ1) is 10.5. The number of nitrogens with one attached hydrogen (secondary N) is 1. The molecule has 1 aromatic carbocycles. The van der Waals surface area contributed by atoms with Gasteiger partial charge in [0.25, 0.3) is 5.91 Å². The van der Waals surface area contributed by atoms with E-state index in [1.807, 2.05) is 6.07 Å². The second-order valence-corrected chi connectivity index (χ2v) is 4.85. The second-order valence-electron chi connectivity index (χ2n) is 4.85. The van der Waals surface area contributed by atoms with Crippen LogP contribution in [0, 0.1) is 11.3 Å². The lowest BCUT2D eigenvalue weighted by Gasteiger charge is -2.25. The molecule has 0 aliphatic carbocycles.